The molecule has 1 N–H and O–H groups in total. The average Bonchev–Trinajstić information content (AvgIpc) is 2.34. The number of halogens is 1. The molecule has 14 heavy (non-hydrogen) atoms. The van der Waals surface area contributed by atoms with Crippen LogP contribution in [0.2, 0.25) is 0 Å². The summed E-state index contributed by atoms with van der Waals surface area (Å²) in [5.41, 5.74) is 2.55. The molecule has 72 valence electrons. The molecule has 0 amide bonds. The third-order valence-corrected chi connectivity index (χ3v) is 1.88. The Morgan fingerprint density at radius 1 is 0.571 bits per heavy atom. The second kappa shape index (κ2) is 6.19. The Morgan fingerprint density at radius 2 is 0.857 bits per heavy atom. The zero-order chi connectivity index (χ0) is 10.2. The van der Waals surface area contributed by atoms with Gasteiger partial charge in [0.05, 0.1) is 11.9 Å². The van der Waals surface area contributed by atoms with Crippen LogP contribution in [-0.4, -0.2) is 4.66 Å². The van der Waals surface area contributed by atoms with Gasteiger partial charge in [-0.3, -0.25) is 4.66 Å². The fraction of sp³-hybridized carbons (Fsp3) is 0. The van der Waals surface area contributed by atoms with E-state index in [4.69, 9.17) is 4.66 Å². The van der Waals surface area contributed by atoms with Gasteiger partial charge in [0.2, 0.25) is 0 Å². The van der Waals surface area contributed by atoms with Crippen LogP contribution >= 0.6 is 11.9 Å². The first kappa shape index (κ1) is 10.8. The zero-order valence-electron chi connectivity index (χ0n) is 7.60. The maximum absolute atomic E-state index is 6.47. The van der Waals surface area contributed by atoms with Crippen molar-refractivity contribution in [2.45, 2.75) is 0 Å². The lowest BCUT2D eigenvalue weighted by Crippen LogP contribution is -1.73. The average molecular weight is 207 g/mol. The van der Waals surface area contributed by atoms with Gasteiger partial charge < -0.3 is 0 Å². The van der Waals surface area contributed by atoms with E-state index >= 15 is 0 Å². The van der Waals surface area contributed by atoms with Crippen LogP contribution in [-0.2, 0) is 0 Å². The molecule has 0 atom stereocenters. The summed E-state index contributed by atoms with van der Waals surface area (Å²) in [6.45, 7) is 0. The van der Waals surface area contributed by atoms with Gasteiger partial charge in [0.25, 0.3) is 0 Å². The van der Waals surface area contributed by atoms with Gasteiger partial charge in [0, 0.05) is 0 Å². The fourth-order valence-electron chi connectivity index (χ4n) is 1.26. The summed E-state index contributed by atoms with van der Waals surface area (Å²) < 4.78 is 6.47. The summed E-state index contributed by atoms with van der Waals surface area (Å²) in [6, 6.07) is 20.8. The van der Waals surface area contributed by atoms with Crippen LogP contribution in [0.25, 0.3) is 11.1 Å². The van der Waals surface area contributed by atoms with E-state index in [1.54, 1.807) is 0 Å². The Hall–Kier alpha value is -1.31. The summed E-state index contributed by atoms with van der Waals surface area (Å²) in [6.07, 6.45) is 0. The number of hydrogen-bond acceptors (Lipinski definition) is 1. The standard InChI is InChI=1S/C12H10.ClHO/c1-3-7-11(8-4-1)12-9-5-2-6-10-12;1-2/h1-10H;2H. The van der Waals surface area contributed by atoms with Gasteiger partial charge >= 0.3 is 0 Å². The highest BCUT2D eigenvalue weighted by molar-refractivity contribution is 6.04. The van der Waals surface area contributed by atoms with Gasteiger partial charge in [-0.1, -0.05) is 60.7 Å². The second-order valence-corrected chi connectivity index (χ2v) is 2.73. The van der Waals surface area contributed by atoms with E-state index in [-0.39, 0.29) is 0 Å². The summed E-state index contributed by atoms with van der Waals surface area (Å²) in [5, 5.41) is 0. The maximum Gasteiger partial charge on any atom is 0.0579 e. The van der Waals surface area contributed by atoms with Gasteiger partial charge in [-0.2, -0.15) is 0 Å². The monoisotopic (exact) mass is 206 g/mol. The maximum atomic E-state index is 6.47. The molecule has 0 fully saturated rings. The molecule has 0 radical (unpaired) electrons. The van der Waals surface area contributed by atoms with Crippen molar-refractivity contribution in [2.24, 2.45) is 0 Å². The van der Waals surface area contributed by atoms with Crippen LogP contribution in [0, 0.1) is 0 Å². The fourth-order valence-corrected chi connectivity index (χ4v) is 1.26. The topological polar surface area (TPSA) is 20.2 Å². The zero-order valence-corrected chi connectivity index (χ0v) is 8.35. The Bertz CT molecular complexity index is 308. The first-order chi connectivity index (χ1) is 6.97. The third kappa shape index (κ3) is 2.87. The van der Waals surface area contributed by atoms with Gasteiger partial charge in [-0.15, -0.1) is 0 Å². The van der Waals surface area contributed by atoms with Crippen LogP contribution in [0.1, 0.15) is 0 Å². The van der Waals surface area contributed by atoms with Crippen LogP contribution < -0.4 is 0 Å². The van der Waals surface area contributed by atoms with E-state index in [2.05, 4.69) is 60.4 Å². The van der Waals surface area contributed by atoms with Crippen molar-refractivity contribution in [1.29, 1.82) is 0 Å². The Morgan fingerprint density at radius 3 is 1.14 bits per heavy atom. The SMILES string of the molecule is OCl.c1ccc(-c2ccccc2)cc1. The molecule has 2 aromatic rings. The molecule has 0 spiro atoms. The van der Waals surface area contributed by atoms with Crippen molar-refractivity contribution in [3.63, 3.8) is 0 Å². The minimum absolute atomic E-state index is 1.28. The number of hydrogen-bond donors (Lipinski definition) is 1. The molecule has 2 aromatic carbocycles. The Kier molecular flexibility index (Phi) is 4.76. The highest BCUT2D eigenvalue weighted by Gasteiger charge is 1.91. The van der Waals surface area contributed by atoms with E-state index in [9.17, 15) is 0 Å². The Labute approximate surface area is 88.8 Å². The van der Waals surface area contributed by atoms with E-state index in [0.717, 1.165) is 0 Å². The predicted molar refractivity (Wildman–Crippen MR) is 59.9 cm³/mol. The van der Waals surface area contributed by atoms with Gasteiger partial charge in [-0.05, 0) is 11.1 Å². The predicted octanol–water partition coefficient (Wildman–Crippen LogP) is 3.49. The summed E-state index contributed by atoms with van der Waals surface area (Å²) in [7, 11) is 0. The molecule has 0 heterocycles. The number of rotatable bonds is 1. The molecule has 2 heteroatoms. The van der Waals surface area contributed by atoms with Crippen molar-refractivity contribution >= 4 is 11.9 Å². The molecule has 0 aromatic heterocycles. The second-order valence-electron chi connectivity index (χ2n) is 2.73. The normalized spacial score (nSPS) is 8.71. The molecule has 0 aliphatic heterocycles. The Balaban J connectivity index is 0.000000461. The minimum Gasteiger partial charge on any atom is -0.295 e. The van der Waals surface area contributed by atoms with Crippen LogP contribution in [0.4, 0.5) is 0 Å². The lowest BCUT2D eigenvalue weighted by Gasteiger charge is -1.98. The van der Waals surface area contributed by atoms with Crippen LogP contribution in [0.3, 0.4) is 0 Å². The third-order valence-electron chi connectivity index (χ3n) is 1.88. The summed E-state index contributed by atoms with van der Waals surface area (Å²) >= 11 is 3.64. The van der Waals surface area contributed by atoms with Crippen LogP contribution in [0.15, 0.2) is 60.7 Å². The highest BCUT2D eigenvalue weighted by Crippen LogP contribution is 2.17. The van der Waals surface area contributed by atoms with Gasteiger partial charge in [-0.25, -0.2) is 0 Å². The molecule has 0 bridgehead atoms. The molecule has 0 saturated heterocycles. The minimum atomic E-state index is 1.28. The molecule has 0 aliphatic rings. The van der Waals surface area contributed by atoms with E-state index in [1.165, 1.54) is 11.1 Å². The largest absolute Gasteiger partial charge is 0.295 e. The van der Waals surface area contributed by atoms with Crippen molar-refractivity contribution in [1.82, 2.24) is 0 Å². The molecule has 0 aliphatic carbocycles. The van der Waals surface area contributed by atoms with Crippen molar-refractivity contribution < 1.29 is 4.66 Å². The first-order valence-corrected chi connectivity index (χ1v) is 4.58. The van der Waals surface area contributed by atoms with E-state index < -0.39 is 0 Å². The first-order valence-electron chi connectivity index (χ1n) is 4.24. The lowest BCUT2D eigenvalue weighted by atomic mass is 10.1. The van der Waals surface area contributed by atoms with Gasteiger partial charge in [0.15, 0.2) is 0 Å². The summed E-state index contributed by atoms with van der Waals surface area (Å²) in [4.78, 5) is 0. The molecule has 1 nitrogen and oxygen atoms in total. The molecule has 2 rings (SSSR count). The molecular weight excluding hydrogens is 196 g/mol. The smallest absolute Gasteiger partial charge is 0.0579 e. The van der Waals surface area contributed by atoms with Crippen molar-refractivity contribution in [3.05, 3.63) is 60.7 Å². The van der Waals surface area contributed by atoms with Crippen LogP contribution in [0.5, 0.6) is 0 Å². The number of benzene rings is 2. The molecule has 0 saturated carbocycles. The van der Waals surface area contributed by atoms with E-state index in [1.807, 2.05) is 12.1 Å². The molecular formula is C12H11ClO. The van der Waals surface area contributed by atoms with E-state index in [0.29, 0.717) is 0 Å². The quantitative estimate of drug-likeness (QED) is 0.758. The van der Waals surface area contributed by atoms with Crippen molar-refractivity contribution in [3.8, 4) is 11.1 Å². The highest BCUT2D eigenvalue weighted by atomic mass is 35.5. The van der Waals surface area contributed by atoms with Crippen molar-refractivity contribution in [2.75, 3.05) is 0 Å². The summed E-state index contributed by atoms with van der Waals surface area (Å²) in [5.74, 6) is 0. The van der Waals surface area contributed by atoms with Gasteiger partial charge in [0.1, 0.15) is 0 Å². The molecule has 0 unspecified atom stereocenters. The lowest BCUT2D eigenvalue weighted by molar-refractivity contribution is 0.632.